The molecule has 34 heavy (non-hydrogen) atoms. The van der Waals surface area contributed by atoms with Gasteiger partial charge < -0.3 is 19.2 Å². The molecule has 1 saturated heterocycles. The number of pyridine rings is 1. The molecule has 1 atom stereocenters. The molecule has 1 fully saturated rings. The van der Waals surface area contributed by atoms with E-state index in [2.05, 4.69) is 25.3 Å². The topological polar surface area (TPSA) is 108 Å². The Hall–Kier alpha value is -3.90. The minimum absolute atomic E-state index is 0.0712. The number of hydrogen-bond donors (Lipinski definition) is 1. The van der Waals surface area contributed by atoms with Crippen LogP contribution in [-0.2, 0) is 6.42 Å². The lowest BCUT2D eigenvalue weighted by molar-refractivity contribution is -0.0499. The fourth-order valence-corrected chi connectivity index (χ4v) is 4.51. The van der Waals surface area contributed by atoms with Gasteiger partial charge in [0.2, 0.25) is 0 Å². The fourth-order valence-electron chi connectivity index (χ4n) is 4.51. The van der Waals surface area contributed by atoms with Crippen molar-refractivity contribution in [3.05, 3.63) is 59.5 Å². The van der Waals surface area contributed by atoms with E-state index < -0.39 is 36.5 Å². The van der Waals surface area contributed by atoms with Crippen LogP contribution in [0, 0.1) is 5.82 Å². The second-order valence-corrected chi connectivity index (χ2v) is 8.41. The largest absolute Gasteiger partial charge is 0.399 e. The predicted molar refractivity (Wildman–Crippen MR) is 111 cm³/mol. The number of aromatic amines is 1. The van der Waals surface area contributed by atoms with Crippen molar-refractivity contribution in [3.63, 3.8) is 0 Å². The Morgan fingerprint density at radius 2 is 2.03 bits per heavy atom. The van der Waals surface area contributed by atoms with Gasteiger partial charge in [-0.15, -0.1) is 5.10 Å². The molecule has 13 heteroatoms. The van der Waals surface area contributed by atoms with Crippen molar-refractivity contribution in [1.82, 2.24) is 34.7 Å². The highest BCUT2D eigenvalue weighted by atomic mass is 19.3. The van der Waals surface area contributed by atoms with Crippen LogP contribution in [0.3, 0.4) is 0 Å². The number of hydrogen-bond acceptors (Lipinski definition) is 7. The number of carbonyl (C=O) groups is 1. The summed E-state index contributed by atoms with van der Waals surface area (Å²) in [4.78, 5) is 23.4. The Morgan fingerprint density at radius 1 is 1.21 bits per heavy atom. The maximum atomic E-state index is 14.3. The molecule has 2 aliphatic heterocycles. The zero-order valence-electron chi connectivity index (χ0n) is 17.8. The second kappa shape index (κ2) is 7.57. The van der Waals surface area contributed by atoms with E-state index >= 15 is 0 Å². The van der Waals surface area contributed by atoms with Crippen LogP contribution in [0.1, 0.15) is 46.7 Å². The van der Waals surface area contributed by atoms with E-state index in [0.29, 0.717) is 29.9 Å². The number of alkyl halides is 2. The standard InChI is InChI=1S/C21H19F3N8O2/c22-12-2-1-6-32-15(12)10-14(29-32)17-16-13(25-11-26-16)3-7-31(17)20-28-27-18(34-20)19(33)30-8-4-21(23,24)5-9-30/h1-2,6,10-11,17H,3-5,7-9H2,(H,25,26). The van der Waals surface area contributed by atoms with Gasteiger partial charge in [0.05, 0.1) is 17.7 Å². The third-order valence-corrected chi connectivity index (χ3v) is 6.30. The van der Waals surface area contributed by atoms with E-state index in [9.17, 15) is 18.0 Å². The third kappa shape index (κ3) is 3.38. The number of nitrogens with zero attached hydrogens (tertiary/aromatic N) is 7. The molecular weight excluding hydrogens is 453 g/mol. The molecule has 1 amide bonds. The molecule has 0 aliphatic carbocycles. The van der Waals surface area contributed by atoms with Crippen molar-refractivity contribution in [2.24, 2.45) is 0 Å². The summed E-state index contributed by atoms with van der Waals surface area (Å²) in [6.07, 6.45) is 3.01. The third-order valence-electron chi connectivity index (χ3n) is 6.30. The molecular formula is C21H19F3N8O2. The molecule has 2 aliphatic rings. The summed E-state index contributed by atoms with van der Waals surface area (Å²) in [7, 11) is 0. The van der Waals surface area contributed by atoms with Crippen LogP contribution in [-0.4, -0.2) is 66.1 Å². The minimum atomic E-state index is -2.77. The van der Waals surface area contributed by atoms with Crippen molar-refractivity contribution < 1.29 is 22.4 Å². The van der Waals surface area contributed by atoms with Crippen LogP contribution in [0.15, 0.2) is 35.1 Å². The summed E-state index contributed by atoms with van der Waals surface area (Å²) < 4.78 is 48.4. The molecule has 6 rings (SSSR count). The molecule has 0 aromatic carbocycles. The number of rotatable bonds is 3. The molecule has 1 N–H and O–H groups in total. The Bertz CT molecular complexity index is 1370. The van der Waals surface area contributed by atoms with E-state index in [0.717, 1.165) is 5.69 Å². The summed E-state index contributed by atoms with van der Waals surface area (Å²) in [6.45, 7) is 0.278. The molecule has 176 valence electrons. The number of imidazole rings is 1. The lowest BCUT2D eigenvalue weighted by Gasteiger charge is -2.32. The lowest BCUT2D eigenvalue weighted by Crippen LogP contribution is -2.42. The fraction of sp³-hybridized carbons (Fsp3) is 0.381. The van der Waals surface area contributed by atoms with Crippen molar-refractivity contribution >= 4 is 17.4 Å². The SMILES string of the molecule is O=C(c1nnc(N2CCc3[nH]cnc3C2c2cc3c(F)cccn3n2)o1)N1CCC(F)(F)CC1. The number of halogens is 3. The van der Waals surface area contributed by atoms with Crippen LogP contribution in [0.5, 0.6) is 0 Å². The molecule has 1 unspecified atom stereocenters. The first-order valence-electron chi connectivity index (χ1n) is 10.8. The highest BCUT2D eigenvalue weighted by molar-refractivity contribution is 5.89. The lowest BCUT2D eigenvalue weighted by atomic mass is 10.0. The van der Waals surface area contributed by atoms with E-state index in [4.69, 9.17) is 4.42 Å². The minimum Gasteiger partial charge on any atom is -0.399 e. The van der Waals surface area contributed by atoms with E-state index in [1.807, 2.05) is 0 Å². The van der Waals surface area contributed by atoms with E-state index in [1.54, 1.807) is 29.6 Å². The van der Waals surface area contributed by atoms with Gasteiger partial charge in [-0.2, -0.15) is 5.10 Å². The first-order chi connectivity index (χ1) is 16.4. The summed E-state index contributed by atoms with van der Waals surface area (Å²) >= 11 is 0. The number of aromatic nitrogens is 6. The number of H-pyrrole nitrogens is 1. The smallest absolute Gasteiger partial charge is 0.319 e. The zero-order chi connectivity index (χ0) is 23.4. The highest BCUT2D eigenvalue weighted by Gasteiger charge is 2.39. The van der Waals surface area contributed by atoms with Crippen molar-refractivity contribution in [2.75, 3.05) is 24.5 Å². The van der Waals surface area contributed by atoms with Crippen LogP contribution >= 0.6 is 0 Å². The average Bonchev–Trinajstić information content (AvgIpc) is 3.57. The van der Waals surface area contributed by atoms with Crippen molar-refractivity contribution in [2.45, 2.75) is 31.2 Å². The Kier molecular flexibility index (Phi) is 4.61. The average molecular weight is 472 g/mol. The Labute approximate surface area is 190 Å². The normalized spacial score (nSPS) is 20.0. The maximum absolute atomic E-state index is 14.3. The van der Waals surface area contributed by atoms with Gasteiger partial charge in [0.15, 0.2) is 0 Å². The molecule has 4 aromatic heterocycles. The molecule has 10 nitrogen and oxygen atoms in total. The molecule has 0 saturated carbocycles. The number of nitrogens with one attached hydrogen (secondary N) is 1. The molecule has 0 radical (unpaired) electrons. The number of carbonyl (C=O) groups excluding carboxylic acids is 1. The zero-order valence-corrected chi connectivity index (χ0v) is 17.8. The predicted octanol–water partition coefficient (Wildman–Crippen LogP) is 2.60. The van der Waals surface area contributed by atoms with Crippen LogP contribution in [0.4, 0.5) is 19.2 Å². The van der Waals surface area contributed by atoms with E-state index in [-0.39, 0.29) is 25.0 Å². The number of piperidine rings is 1. The van der Waals surface area contributed by atoms with Gasteiger partial charge >= 0.3 is 17.8 Å². The van der Waals surface area contributed by atoms with Crippen LogP contribution in [0.2, 0.25) is 0 Å². The van der Waals surface area contributed by atoms with Crippen molar-refractivity contribution in [1.29, 1.82) is 0 Å². The Balaban J connectivity index is 1.33. The summed E-state index contributed by atoms with van der Waals surface area (Å²) in [6, 6.07) is 4.05. The number of anilines is 1. The number of likely N-dealkylation sites (tertiary alicyclic amines) is 1. The van der Waals surface area contributed by atoms with E-state index in [1.165, 1.54) is 15.5 Å². The molecule has 6 heterocycles. The molecule has 4 aromatic rings. The highest BCUT2D eigenvalue weighted by Crippen LogP contribution is 2.36. The van der Waals surface area contributed by atoms with Crippen LogP contribution in [0.25, 0.3) is 5.52 Å². The van der Waals surface area contributed by atoms with Gasteiger partial charge in [-0.05, 0) is 18.2 Å². The van der Waals surface area contributed by atoms with Crippen LogP contribution < -0.4 is 4.90 Å². The summed E-state index contributed by atoms with van der Waals surface area (Å²) in [5, 5.41) is 12.5. The quantitative estimate of drug-likeness (QED) is 0.488. The van der Waals surface area contributed by atoms with Gasteiger partial charge in [0, 0.05) is 50.8 Å². The Morgan fingerprint density at radius 3 is 2.82 bits per heavy atom. The monoisotopic (exact) mass is 472 g/mol. The van der Waals surface area contributed by atoms with Gasteiger partial charge in [-0.25, -0.2) is 22.7 Å². The number of amides is 1. The van der Waals surface area contributed by atoms with Gasteiger partial charge in [0.1, 0.15) is 17.4 Å². The summed E-state index contributed by atoms with van der Waals surface area (Å²) in [5.74, 6) is -4.04. The van der Waals surface area contributed by atoms with Gasteiger partial charge in [0.25, 0.3) is 5.92 Å². The van der Waals surface area contributed by atoms with Gasteiger partial charge in [-0.3, -0.25) is 4.79 Å². The first kappa shape index (κ1) is 20.7. The van der Waals surface area contributed by atoms with Gasteiger partial charge in [-0.1, -0.05) is 5.10 Å². The second-order valence-electron chi connectivity index (χ2n) is 8.41. The van der Waals surface area contributed by atoms with Crippen molar-refractivity contribution in [3.8, 4) is 0 Å². The summed E-state index contributed by atoms with van der Waals surface area (Å²) in [5.41, 5.74) is 2.41. The first-order valence-corrected chi connectivity index (χ1v) is 10.8. The molecule has 0 bridgehead atoms. The number of fused-ring (bicyclic) bond motifs is 2. The maximum Gasteiger partial charge on any atom is 0.319 e. The molecule has 0 spiro atoms.